The molecule has 3 N–H and O–H groups in total. The second-order valence-electron chi connectivity index (χ2n) is 9.67. The molecule has 2 aliphatic heterocycles. The SMILES string of the molecule is Cc1cccc([C@@H](CO)NC(=O)CN2Cc3ccc(-c4nc(NC5CCOCC5)ncc4Cl)cc3C2=O)c1. The summed E-state index contributed by atoms with van der Waals surface area (Å²) in [6, 6.07) is 12.8. The van der Waals surface area contributed by atoms with E-state index < -0.39 is 6.04 Å². The number of aryl methyl sites for hydroxylation is 1. The first kappa shape index (κ1) is 26.1. The third kappa shape index (κ3) is 5.80. The lowest BCUT2D eigenvalue weighted by Crippen LogP contribution is -2.40. The average molecular weight is 536 g/mol. The van der Waals surface area contributed by atoms with E-state index in [1.54, 1.807) is 12.3 Å². The number of aromatic nitrogens is 2. The van der Waals surface area contributed by atoms with E-state index in [2.05, 4.69) is 20.6 Å². The Morgan fingerprint density at radius 3 is 2.82 bits per heavy atom. The number of benzene rings is 2. The molecule has 198 valence electrons. The summed E-state index contributed by atoms with van der Waals surface area (Å²) < 4.78 is 5.41. The van der Waals surface area contributed by atoms with Gasteiger partial charge in [-0.15, -0.1) is 0 Å². The number of fused-ring (bicyclic) bond motifs is 1. The second kappa shape index (κ2) is 11.5. The van der Waals surface area contributed by atoms with Crippen molar-refractivity contribution >= 4 is 29.4 Å². The maximum Gasteiger partial charge on any atom is 0.254 e. The van der Waals surface area contributed by atoms with Gasteiger partial charge < -0.3 is 25.4 Å². The summed E-state index contributed by atoms with van der Waals surface area (Å²) in [6.07, 6.45) is 3.31. The fraction of sp³-hybridized carbons (Fsp3) is 0.357. The molecule has 1 fully saturated rings. The van der Waals surface area contributed by atoms with Gasteiger partial charge >= 0.3 is 0 Å². The fourth-order valence-corrected chi connectivity index (χ4v) is 5.03. The standard InChI is InChI=1S/C28H30ClN5O4/c1-17-3-2-4-18(11-17)24(16-35)32-25(36)15-34-14-20-6-5-19(12-22(20)27(34)37)26-23(29)13-30-28(33-26)31-21-7-9-38-10-8-21/h2-6,11-13,21,24,35H,7-10,14-16H2,1H3,(H,32,36)(H,30,31,33)/t24-/m1/s1. The van der Waals surface area contributed by atoms with Crippen LogP contribution in [0.25, 0.3) is 11.3 Å². The molecule has 1 saturated heterocycles. The Morgan fingerprint density at radius 1 is 1.24 bits per heavy atom. The van der Waals surface area contributed by atoms with Crippen LogP contribution in [0.2, 0.25) is 5.02 Å². The molecule has 3 heterocycles. The smallest absolute Gasteiger partial charge is 0.254 e. The van der Waals surface area contributed by atoms with Crippen molar-refractivity contribution in [3.63, 3.8) is 0 Å². The predicted molar refractivity (Wildman–Crippen MR) is 144 cm³/mol. The first-order valence-electron chi connectivity index (χ1n) is 12.7. The predicted octanol–water partition coefficient (Wildman–Crippen LogP) is 3.50. The lowest BCUT2D eigenvalue weighted by molar-refractivity contribution is -0.122. The van der Waals surface area contributed by atoms with Gasteiger partial charge in [-0.3, -0.25) is 9.59 Å². The van der Waals surface area contributed by atoms with Crippen LogP contribution in [0.5, 0.6) is 0 Å². The molecular weight excluding hydrogens is 506 g/mol. The molecule has 10 heteroatoms. The molecule has 0 radical (unpaired) electrons. The first-order chi connectivity index (χ1) is 18.4. The molecule has 0 bridgehead atoms. The Balaban J connectivity index is 1.28. The molecular formula is C28H30ClN5O4. The van der Waals surface area contributed by atoms with E-state index in [4.69, 9.17) is 16.3 Å². The van der Waals surface area contributed by atoms with Crippen molar-refractivity contribution in [2.75, 3.05) is 31.7 Å². The highest BCUT2D eigenvalue weighted by Gasteiger charge is 2.30. The summed E-state index contributed by atoms with van der Waals surface area (Å²) in [4.78, 5) is 36.4. The summed E-state index contributed by atoms with van der Waals surface area (Å²) in [7, 11) is 0. The summed E-state index contributed by atoms with van der Waals surface area (Å²) in [6.45, 7) is 3.32. The number of ether oxygens (including phenoxy) is 1. The van der Waals surface area contributed by atoms with Crippen molar-refractivity contribution in [3.8, 4) is 11.3 Å². The van der Waals surface area contributed by atoms with E-state index in [0.29, 0.717) is 47.6 Å². The number of aliphatic hydroxyl groups excluding tert-OH is 1. The highest BCUT2D eigenvalue weighted by molar-refractivity contribution is 6.33. The Hall–Kier alpha value is -3.53. The lowest BCUT2D eigenvalue weighted by Gasteiger charge is -2.23. The van der Waals surface area contributed by atoms with Gasteiger partial charge in [0.15, 0.2) is 0 Å². The van der Waals surface area contributed by atoms with Gasteiger partial charge in [-0.05, 0) is 37.0 Å². The third-order valence-electron chi connectivity index (χ3n) is 6.86. The number of rotatable bonds is 8. The average Bonchev–Trinajstić information content (AvgIpc) is 3.23. The minimum atomic E-state index is -0.544. The topological polar surface area (TPSA) is 117 Å². The Bertz CT molecular complexity index is 1340. The third-order valence-corrected chi connectivity index (χ3v) is 7.13. The monoisotopic (exact) mass is 535 g/mol. The summed E-state index contributed by atoms with van der Waals surface area (Å²) in [5.41, 5.74) is 4.42. The summed E-state index contributed by atoms with van der Waals surface area (Å²) in [5.74, 6) is -0.0954. The van der Waals surface area contributed by atoms with E-state index in [-0.39, 0.29) is 31.0 Å². The molecule has 0 aliphatic carbocycles. The first-order valence-corrected chi connectivity index (χ1v) is 13.0. The zero-order chi connectivity index (χ0) is 26.6. The van der Waals surface area contributed by atoms with Crippen molar-refractivity contribution in [2.45, 2.75) is 38.4 Å². The molecule has 0 spiro atoms. The van der Waals surface area contributed by atoms with Crippen molar-refractivity contribution in [1.82, 2.24) is 20.2 Å². The zero-order valence-electron chi connectivity index (χ0n) is 21.1. The lowest BCUT2D eigenvalue weighted by atomic mass is 10.0. The van der Waals surface area contributed by atoms with Crippen LogP contribution in [0, 0.1) is 6.92 Å². The van der Waals surface area contributed by atoms with E-state index in [9.17, 15) is 14.7 Å². The minimum absolute atomic E-state index is 0.113. The van der Waals surface area contributed by atoms with Gasteiger partial charge in [-0.2, -0.15) is 0 Å². The molecule has 9 nitrogen and oxygen atoms in total. The minimum Gasteiger partial charge on any atom is -0.394 e. The van der Waals surface area contributed by atoms with Gasteiger partial charge in [0.1, 0.15) is 6.54 Å². The van der Waals surface area contributed by atoms with Crippen molar-refractivity contribution in [3.05, 3.63) is 75.9 Å². The number of hydrogen-bond donors (Lipinski definition) is 3. The molecule has 5 rings (SSSR count). The molecule has 1 aromatic heterocycles. The van der Waals surface area contributed by atoms with E-state index >= 15 is 0 Å². The molecule has 0 unspecified atom stereocenters. The number of halogens is 1. The van der Waals surface area contributed by atoms with Crippen LogP contribution in [0.3, 0.4) is 0 Å². The van der Waals surface area contributed by atoms with Gasteiger partial charge in [0, 0.05) is 36.9 Å². The molecule has 38 heavy (non-hydrogen) atoms. The molecule has 2 aromatic carbocycles. The van der Waals surface area contributed by atoms with Crippen LogP contribution in [-0.4, -0.2) is 64.2 Å². The Kier molecular flexibility index (Phi) is 7.87. The van der Waals surface area contributed by atoms with Gasteiger partial charge in [0.25, 0.3) is 5.91 Å². The quantitative estimate of drug-likeness (QED) is 0.404. The van der Waals surface area contributed by atoms with Crippen LogP contribution in [0.15, 0.2) is 48.7 Å². The van der Waals surface area contributed by atoms with Gasteiger partial charge in [-0.25, -0.2) is 9.97 Å². The molecule has 2 aliphatic rings. The second-order valence-corrected chi connectivity index (χ2v) is 10.1. The normalized spacial score (nSPS) is 16.3. The fourth-order valence-electron chi connectivity index (χ4n) is 4.83. The number of anilines is 1. The van der Waals surface area contributed by atoms with E-state index in [0.717, 1.165) is 29.5 Å². The Morgan fingerprint density at radius 2 is 2.05 bits per heavy atom. The van der Waals surface area contributed by atoms with Crippen LogP contribution in [-0.2, 0) is 16.1 Å². The molecule has 3 aromatic rings. The van der Waals surface area contributed by atoms with E-state index in [1.165, 1.54) is 4.90 Å². The summed E-state index contributed by atoms with van der Waals surface area (Å²) in [5, 5.41) is 16.4. The number of amides is 2. The largest absolute Gasteiger partial charge is 0.394 e. The van der Waals surface area contributed by atoms with E-state index in [1.807, 2.05) is 43.3 Å². The van der Waals surface area contributed by atoms with Crippen LogP contribution in [0.4, 0.5) is 5.95 Å². The number of carbonyl (C=O) groups excluding carboxylic acids is 2. The highest BCUT2D eigenvalue weighted by Crippen LogP contribution is 2.31. The number of hydrogen-bond acceptors (Lipinski definition) is 7. The van der Waals surface area contributed by atoms with Crippen LogP contribution in [0.1, 0.15) is 45.9 Å². The molecule has 2 amide bonds. The van der Waals surface area contributed by atoms with Crippen molar-refractivity contribution < 1.29 is 19.4 Å². The van der Waals surface area contributed by atoms with Crippen LogP contribution < -0.4 is 10.6 Å². The van der Waals surface area contributed by atoms with Crippen molar-refractivity contribution in [2.24, 2.45) is 0 Å². The molecule has 0 saturated carbocycles. The highest BCUT2D eigenvalue weighted by atomic mass is 35.5. The summed E-state index contributed by atoms with van der Waals surface area (Å²) >= 11 is 6.44. The van der Waals surface area contributed by atoms with Gasteiger partial charge in [0.2, 0.25) is 11.9 Å². The molecule has 1 atom stereocenters. The number of nitrogens with zero attached hydrogens (tertiary/aromatic N) is 3. The van der Waals surface area contributed by atoms with Crippen molar-refractivity contribution in [1.29, 1.82) is 0 Å². The van der Waals surface area contributed by atoms with Gasteiger partial charge in [0.05, 0.1) is 29.6 Å². The Labute approximate surface area is 226 Å². The number of carbonyl (C=O) groups is 2. The zero-order valence-corrected chi connectivity index (χ0v) is 21.9. The maximum atomic E-state index is 13.2. The van der Waals surface area contributed by atoms with Gasteiger partial charge in [-0.1, -0.05) is 53.6 Å². The van der Waals surface area contributed by atoms with Crippen LogP contribution >= 0.6 is 11.6 Å². The number of nitrogens with one attached hydrogen (secondary N) is 2. The number of aliphatic hydroxyl groups is 1. The maximum absolute atomic E-state index is 13.2.